The van der Waals surface area contributed by atoms with Crippen molar-refractivity contribution in [1.29, 1.82) is 0 Å². The van der Waals surface area contributed by atoms with Gasteiger partial charge in [-0.05, 0) is 117 Å². The lowest BCUT2D eigenvalue weighted by Crippen LogP contribution is -2.32. The maximum atomic E-state index is 13.5. The van der Waals surface area contributed by atoms with Crippen LogP contribution in [0.5, 0.6) is 0 Å². The van der Waals surface area contributed by atoms with E-state index in [1.54, 1.807) is 43.3 Å². The van der Waals surface area contributed by atoms with E-state index in [1.807, 2.05) is 12.1 Å². The van der Waals surface area contributed by atoms with Gasteiger partial charge in [0.1, 0.15) is 11.4 Å². The number of ketones is 2. The molecule has 0 heterocycles. The van der Waals surface area contributed by atoms with Crippen LogP contribution >= 0.6 is 58.0 Å². The highest BCUT2D eigenvalue weighted by Crippen LogP contribution is 2.33. The lowest BCUT2D eigenvalue weighted by Gasteiger charge is -2.17. The minimum atomic E-state index is -1.63. The Morgan fingerprint density at radius 3 is 1.42 bits per heavy atom. The lowest BCUT2D eigenvalue weighted by molar-refractivity contribution is -0.127. The molecule has 4 N–H and O–H groups in total. The molecule has 0 aliphatic rings. The number of azo groups is 2. The van der Waals surface area contributed by atoms with Gasteiger partial charge in [-0.25, -0.2) is 0 Å². The summed E-state index contributed by atoms with van der Waals surface area (Å²) in [6, 6.07) is 24.5. The Balaban J connectivity index is 1.27. The first-order chi connectivity index (χ1) is 31.1. The number of Topliss-reactive ketones (excluding diaryl/α,β-unsaturated/α-hetero) is 2. The second-order valence-corrected chi connectivity index (χ2v) is 16.5. The molecule has 0 aliphatic heterocycles. The number of halogens is 5. The van der Waals surface area contributed by atoms with Gasteiger partial charge in [0.05, 0.1) is 26.5 Å². The first-order valence-corrected chi connectivity index (χ1v) is 22.1. The largest absolute Gasteiger partial charge is 0.324 e. The van der Waals surface area contributed by atoms with Crippen molar-refractivity contribution < 1.29 is 28.8 Å². The molecule has 4 amide bonds. The highest BCUT2D eigenvalue weighted by atomic mass is 35.5. The summed E-state index contributed by atoms with van der Waals surface area (Å²) in [6.07, 6.45) is 1.24. The third kappa shape index (κ3) is 13.7. The van der Waals surface area contributed by atoms with Gasteiger partial charge in [-0.2, -0.15) is 20.5 Å². The Bertz CT molecular complexity index is 2680. The van der Waals surface area contributed by atoms with Crippen LogP contribution in [-0.4, -0.2) is 59.0 Å². The number of aryl methyl sites for hydroxylation is 2. The van der Waals surface area contributed by atoms with Crippen LogP contribution in [0.15, 0.2) is 124 Å². The number of anilines is 4. The van der Waals surface area contributed by atoms with Gasteiger partial charge in [0, 0.05) is 34.5 Å². The predicted octanol–water partition coefficient (Wildman–Crippen LogP) is 11.7. The van der Waals surface area contributed by atoms with E-state index in [0.717, 1.165) is 25.0 Å². The Labute approximate surface area is 399 Å². The van der Waals surface area contributed by atoms with Crippen LogP contribution in [0.1, 0.15) is 63.6 Å². The van der Waals surface area contributed by atoms with Crippen molar-refractivity contribution in [2.24, 2.45) is 20.5 Å². The Morgan fingerprint density at radius 1 is 0.554 bits per heavy atom. The maximum Gasteiger partial charge on any atom is 0.258 e. The van der Waals surface area contributed by atoms with E-state index in [2.05, 4.69) is 41.7 Å². The van der Waals surface area contributed by atoms with Crippen LogP contribution in [0.2, 0.25) is 10.0 Å². The van der Waals surface area contributed by atoms with E-state index < -0.39 is 52.7 Å². The Hall–Kier alpha value is -6.03. The number of rotatable bonds is 19. The zero-order chi connectivity index (χ0) is 47.2. The van der Waals surface area contributed by atoms with Gasteiger partial charge in [-0.1, -0.05) is 59.6 Å². The van der Waals surface area contributed by atoms with Crippen molar-refractivity contribution in [3.8, 4) is 0 Å². The number of amides is 4. The van der Waals surface area contributed by atoms with Crippen LogP contribution in [0.25, 0.3) is 0 Å². The van der Waals surface area contributed by atoms with Gasteiger partial charge < -0.3 is 21.3 Å². The first-order valence-electron chi connectivity index (χ1n) is 19.8. The molecule has 3 unspecified atom stereocenters. The number of nitrogens with one attached hydrogen (secondary N) is 4. The summed E-state index contributed by atoms with van der Waals surface area (Å²) in [7, 11) is 0. The zero-order valence-electron chi connectivity index (χ0n) is 35.0. The minimum Gasteiger partial charge on any atom is -0.324 e. The fraction of sp³-hybridized carbons (Fsp3) is 0.217. The summed E-state index contributed by atoms with van der Waals surface area (Å²) in [5.74, 6) is -3.19. The van der Waals surface area contributed by atoms with Crippen LogP contribution in [0.4, 0.5) is 34.1 Å². The Morgan fingerprint density at radius 2 is 0.985 bits per heavy atom. The lowest BCUT2D eigenvalue weighted by atomic mass is 10.1. The molecule has 65 heavy (non-hydrogen) atoms. The predicted molar refractivity (Wildman–Crippen MR) is 256 cm³/mol. The molecule has 5 aromatic rings. The number of carbonyl (C=O) groups excluding carboxylic acids is 6. The van der Waals surface area contributed by atoms with Crippen molar-refractivity contribution in [3.05, 3.63) is 141 Å². The third-order valence-corrected chi connectivity index (χ3v) is 10.8. The van der Waals surface area contributed by atoms with Crippen molar-refractivity contribution in [3.63, 3.8) is 0 Å². The van der Waals surface area contributed by atoms with Crippen molar-refractivity contribution in [1.82, 2.24) is 0 Å². The van der Waals surface area contributed by atoms with Gasteiger partial charge in [-0.3, -0.25) is 28.8 Å². The second-order valence-electron chi connectivity index (χ2n) is 14.3. The SMILES string of the molecule is CC(=O)C(N=Nc1cccc(C(=O)Nc2cccc(CCCl)c2)c1Cl)C(=O)Nc1ccc(NC(=O)C(N=Nc2cccc(C(=O)Nc3cccc(CCCl)c3)c2Cl)C(C)=O)c(C(C)Cl)c1. The summed E-state index contributed by atoms with van der Waals surface area (Å²) >= 11 is 31.3. The Kier molecular flexibility index (Phi) is 18.3. The molecule has 19 heteroatoms. The standard InChI is InChI=1S/C46H41Cl5N8O6/c1-25(49)35-24-32(54-45(64)41(26(2)60)58-56-37-14-6-12-33(39(37)50)43(62)52-30-10-4-8-28(22-30)18-20-47)16-17-36(35)55-46(65)42(27(3)61)59-57-38-15-7-13-34(40(38)51)44(63)53-31-11-5-9-29(23-31)19-21-48/h4-17,22-25,41-42H,18-21H2,1-3H3,(H,52,62)(H,53,63)(H,54,64)(H,55,65). The van der Waals surface area contributed by atoms with E-state index in [-0.39, 0.29) is 43.9 Å². The van der Waals surface area contributed by atoms with Gasteiger partial charge in [0.2, 0.25) is 12.1 Å². The topological polar surface area (TPSA) is 200 Å². The molecular weight excluding hydrogens is 938 g/mol. The zero-order valence-corrected chi connectivity index (χ0v) is 38.8. The van der Waals surface area contributed by atoms with E-state index >= 15 is 0 Å². The monoisotopic (exact) mass is 976 g/mol. The van der Waals surface area contributed by atoms with Crippen LogP contribution < -0.4 is 21.3 Å². The minimum absolute atomic E-state index is 0.0352. The van der Waals surface area contributed by atoms with E-state index in [4.69, 9.17) is 58.0 Å². The second kappa shape index (κ2) is 23.8. The van der Waals surface area contributed by atoms with Crippen LogP contribution in [0.3, 0.4) is 0 Å². The fourth-order valence-electron chi connectivity index (χ4n) is 6.14. The average molecular weight is 979 g/mol. The highest BCUT2D eigenvalue weighted by Gasteiger charge is 2.27. The molecular formula is C46H41Cl5N8O6. The van der Waals surface area contributed by atoms with Crippen molar-refractivity contribution in [2.75, 3.05) is 33.0 Å². The fourth-order valence-corrected chi connectivity index (χ4v) is 7.26. The molecule has 5 rings (SSSR count). The van der Waals surface area contributed by atoms with E-state index in [9.17, 15) is 28.8 Å². The quantitative estimate of drug-likeness (QED) is 0.0360. The summed E-state index contributed by atoms with van der Waals surface area (Å²) < 4.78 is 0. The number of nitrogens with zero attached hydrogens (tertiary/aromatic N) is 4. The van der Waals surface area contributed by atoms with Gasteiger partial charge >= 0.3 is 0 Å². The van der Waals surface area contributed by atoms with Crippen molar-refractivity contribution in [2.45, 2.75) is 51.1 Å². The summed E-state index contributed by atoms with van der Waals surface area (Å²) in [4.78, 5) is 78.5. The summed E-state index contributed by atoms with van der Waals surface area (Å²) in [6.45, 7) is 3.94. The molecule has 0 saturated carbocycles. The molecule has 5 aromatic carbocycles. The summed E-state index contributed by atoms with van der Waals surface area (Å²) in [5.41, 5.74) is 3.89. The van der Waals surface area contributed by atoms with E-state index in [1.165, 1.54) is 54.6 Å². The van der Waals surface area contributed by atoms with Gasteiger partial charge in [0.15, 0.2) is 11.6 Å². The van der Waals surface area contributed by atoms with Crippen LogP contribution in [-0.2, 0) is 32.0 Å². The number of alkyl halides is 3. The number of benzene rings is 5. The average Bonchev–Trinajstić information content (AvgIpc) is 3.25. The number of hydrogen-bond donors (Lipinski definition) is 4. The molecule has 0 bridgehead atoms. The van der Waals surface area contributed by atoms with Crippen molar-refractivity contribution >= 4 is 127 Å². The molecule has 0 saturated heterocycles. The molecule has 336 valence electrons. The molecule has 0 fully saturated rings. The smallest absolute Gasteiger partial charge is 0.258 e. The summed E-state index contributed by atoms with van der Waals surface area (Å²) in [5, 5.41) is 26.0. The third-order valence-electron chi connectivity index (χ3n) is 9.42. The molecule has 0 spiro atoms. The molecule has 14 nitrogen and oxygen atoms in total. The number of hydrogen-bond acceptors (Lipinski definition) is 10. The molecule has 3 atom stereocenters. The molecule has 0 radical (unpaired) electrons. The van der Waals surface area contributed by atoms with Gasteiger partial charge in [-0.15, -0.1) is 34.8 Å². The van der Waals surface area contributed by atoms with Gasteiger partial charge in [0.25, 0.3) is 23.6 Å². The highest BCUT2D eigenvalue weighted by molar-refractivity contribution is 6.37. The molecule has 0 aliphatic carbocycles. The molecule has 0 aromatic heterocycles. The maximum absolute atomic E-state index is 13.5. The van der Waals surface area contributed by atoms with Crippen LogP contribution in [0, 0.1) is 0 Å². The number of carbonyl (C=O) groups is 6. The normalized spacial score (nSPS) is 12.6. The first kappa shape index (κ1) is 50.0. The van der Waals surface area contributed by atoms with E-state index in [0.29, 0.717) is 41.5 Å².